The van der Waals surface area contributed by atoms with Gasteiger partial charge in [0.25, 0.3) is 0 Å². The molecule has 1 aromatic carbocycles. The highest BCUT2D eigenvalue weighted by molar-refractivity contribution is 5.80. The molecule has 1 unspecified atom stereocenters. The number of nitrogens with one attached hydrogen (secondary N) is 1. The van der Waals surface area contributed by atoms with E-state index in [1.165, 1.54) is 30.2 Å². The van der Waals surface area contributed by atoms with Gasteiger partial charge in [0, 0.05) is 17.5 Å². The van der Waals surface area contributed by atoms with E-state index in [1.807, 2.05) is 18.4 Å². The molecule has 0 spiro atoms. The van der Waals surface area contributed by atoms with Gasteiger partial charge in [-0.2, -0.15) is 0 Å². The predicted molar refractivity (Wildman–Crippen MR) is 74.4 cm³/mol. The molecule has 1 atom stereocenters. The number of para-hydroxylation sites is 1. The smallest absolute Gasteiger partial charge is 0.134 e. The third-order valence-corrected chi connectivity index (χ3v) is 3.69. The first-order valence-electron chi connectivity index (χ1n) is 6.74. The van der Waals surface area contributed by atoms with Crippen LogP contribution in [-0.2, 0) is 6.54 Å². The molecule has 0 saturated carbocycles. The Kier molecular flexibility index (Phi) is 3.47. The minimum Gasteiger partial charge on any atom is -0.464 e. The van der Waals surface area contributed by atoms with Crippen LogP contribution >= 0.6 is 0 Å². The van der Waals surface area contributed by atoms with Crippen LogP contribution in [-0.4, -0.2) is 6.54 Å². The molecule has 0 radical (unpaired) electrons. The van der Waals surface area contributed by atoms with E-state index in [9.17, 15) is 0 Å². The summed E-state index contributed by atoms with van der Waals surface area (Å²) >= 11 is 0. The number of hydrogen-bond donors (Lipinski definition) is 1. The molecule has 1 N–H and O–H groups in total. The summed E-state index contributed by atoms with van der Waals surface area (Å²) in [5.41, 5.74) is 2.24. The maximum atomic E-state index is 5.54. The van der Waals surface area contributed by atoms with E-state index in [0.29, 0.717) is 0 Å². The first kappa shape index (κ1) is 11.5. The summed E-state index contributed by atoms with van der Waals surface area (Å²) in [6, 6.07) is 8.22. The number of benzene rings is 1. The van der Waals surface area contributed by atoms with E-state index in [0.717, 1.165) is 24.6 Å². The molecule has 2 heteroatoms. The van der Waals surface area contributed by atoms with E-state index >= 15 is 0 Å². The van der Waals surface area contributed by atoms with Gasteiger partial charge in [-0.15, -0.1) is 0 Å². The second-order valence-electron chi connectivity index (χ2n) is 5.04. The second kappa shape index (κ2) is 5.40. The van der Waals surface area contributed by atoms with Gasteiger partial charge in [0.2, 0.25) is 0 Å². The minimum absolute atomic E-state index is 0.799. The number of hydrogen-bond acceptors (Lipinski definition) is 2. The zero-order valence-electron chi connectivity index (χ0n) is 10.6. The fourth-order valence-corrected chi connectivity index (χ4v) is 2.62. The highest BCUT2D eigenvalue weighted by Gasteiger charge is 2.10. The molecular weight excluding hydrogens is 222 g/mol. The summed E-state index contributed by atoms with van der Waals surface area (Å²) in [6.07, 6.45) is 10.2. The van der Waals surface area contributed by atoms with Gasteiger partial charge < -0.3 is 9.73 Å². The average Bonchev–Trinajstić information content (AvgIpc) is 2.84. The summed E-state index contributed by atoms with van der Waals surface area (Å²) in [5, 5.41) is 4.79. The largest absolute Gasteiger partial charge is 0.464 e. The van der Waals surface area contributed by atoms with Gasteiger partial charge in [0.1, 0.15) is 5.58 Å². The van der Waals surface area contributed by atoms with Gasteiger partial charge in [-0.1, -0.05) is 30.4 Å². The maximum Gasteiger partial charge on any atom is 0.134 e. The van der Waals surface area contributed by atoms with Crippen LogP contribution in [0.4, 0.5) is 0 Å². The van der Waals surface area contributed by atoms with E-state index in [2.05, 4.69) is 29.6 Å². The Morgan fingerprint density at radius 2 is 2.17 bits per heavy atom. The van der Waals surface area contributed by atoms with E-state index in [-0.39, 0.29) is 0 Å². The summed E-state index contributed by atoms with van der Waals surface area (Å²) in [4.78, 5) is 0. The van der Waals surface area contributed by atoms with Crippen molar-refractivity contribution >= 4 is 11.0 Å². The Balaban J connectivity index is 1.58. The number of furan rings is 1. The van der Waals surface area contributed by atoms with Gasteiger partial charge in [-0.05, 0) is 37.8 Å². The molecule has 0 fully saturated rings. The molecule has 3 rings (SSSR count). The lowest BCUT2D eigenvalue weighted by molar-refractivity contribution is 0.440. The van der Waals surface area contributed by atoms with Crippen LogP contribution in [0.1, 0.15) is 24.8 Å². The van der Waals surface area contributed by atoms with Gasteiger partial charge >= 0.3 is 0 Å². The molecule has 18 heavy (non-hydrogen) atoms. The molecule has 0 bridgehead atoms. The first-order chi connectivity index (χ1) is 8.93. The number of rotatable bonds is 4. The van der Waals surface area contributed by atoms with Crippen molar-refractivity contribution in [2.24, 2.45) is 5.92 Å². The Labute approximate surface area is 108 Å². The fraction of sp³-hybridized carbons (Fsp3) is 0.375. The van der Waals surface area contributed by atoms with Crippen molar-refractivity contribution in [2.45, 2.75) is 25.8 Å². The van der Waals surface area contributed by atoms with Crippen LogP contribution in [0.5, 0.6) is 0 Å². The zero-order valence-corrected chi connectivity index (χ0v) is 10.6. The molecule has 2 nitrogen and oxygen atoms in total. The Morgan fingerprint density at radius 3 is 3.06 bits per heavy atom. The normalized spacial score (nSPS) is 19.4. The molecule has 1 aliphatic rings. The van der Waals surface area contributed by atoms with Crippen molar-refractivity contribution in [3.63, 3.8) is 0 Å². The molecule has 0 saturated heterocycles. The van der Waals surface area contributed by atoms with Crippen LogP contribution in [0, 0.1) is 5.92 Å². The SMILES string of the molecule is C1=CCC(CNCc2coc3ccccc23)CC1. The standard InChI is InChI=1S/C16H19NO/c1-2-6-13(7-3-1)10-17-11-14-12-18-16-9-5-4-8-15(14)16/h1-2,4-5,8-9,12-13,17H,3,6-7,10-11H2. The van der Waals surface area contributed by atoms with Crippen molar-refractivity contribution in [1.82, 2.24) is 5.32 Å². The van der Waals surface area contributed by atoms with Crippen molar-refractivity contribution in [1.29, 1.82) is 0 Å². The van der Waals surface area contributed by atoms with Crippen LogP contribution in [0.3, 0.4) is 0 Å². The molecular formula is C16H19NO. The van der Waals surface area contributed by atoms with Crippen molar-refractivity contribution < 1.29 is 4.42 Å². The average molecular weight is 241 g/mol. The highest BCUT2D eigenvalue weighted by Crippen LogP contribution is 2.21. The molecule has 2 aromatic rings. The van der Waals surface area contributed by atoms with Gasteiger partial charge in [-0.3, -0.25) is 0 Å². The molecule has 1 heterocycles. The molecule has 0 aliphatic heterocycles. The minimum atomic E-state index is 0.799. The third kappa shape index (κ3) is 2.49. The summed E-state index contributed by atoms with van der Waals surface area (Å²) in [6.45, 7) is 2.00. The number of fused-ring (bicyclic) bond motifs is 1. The van der Waals surface area contributed by atoms with Crippen molar-refractivity contribution in [2.75, 3.05) is 6.54 Å². The fourth-order valence-electron chi connectivity index (χ4n) is 2.62. The lowest BCUT2D eigenvalue weighted by Gasteiger charge is -2.17. The highest BCUT2D eigenvalue weighted by atomic mass is 16.3. The third-order valence-electron chi connectivity index (χ3n) is 3.69. The van der Waals surface area contributed by atoms with Crippen LogP contribution < -0.4 is 5.32 Å². The monoisotopic (exact) mass is 241 g/mol. The Bertz CT molecular complexity index is 541. The summed E-state index contributed by atoms with van der Waals surface area (Å²) in [7, 11) is 0. The van der Waals surface area contributed by atoms with E-state index < -0.39 is 0 Å². The van der Waals surface area contributed by atoms with Crippen LogP contribution in [0.25, 0.3) is 11.0 Å². The Morgan fingerprint density at radius 1 is 1.22 bits per heavy atom. The maximum absolute atomic E-state index is 5.54. The van der Waals surface area contributed by atoms with E-state index in [1.54, 1.807) is 0 Å². The molecule has 1 aromatic heterocycles. The van der Waals surface area contributed by atoms with Crippen molar-refractivity contribution in [3.05, 3.63) is 48.2 Å². The lowest BCUT2D eigenvalue weighted by atomic mass is 9.94. The van der Waals surface area contributed by atoms with Crippen LogP contribution in [0.15, 0.2) is 47.1 Å². The molecule has 94 valence electrons. The van der Waals surface area contributed by atoms with E-state index in [4.69, 9.17) is 4.42 Å². The molecule has 1 aliphatic carbocycles. The summed E-state index contributed by atoms with van der Waals surface area (Å²) in [5.74, 6) is 0.799. The van der Waals surface area contributed by atoms with Gasteiger partial charge in [0.15, 0.2) is 0 Å². The quantitative estimate of drug-likeness (QED) is 0.822. The van der Waals surface area contributed by atoms with Gasteiger partial charge in [-0.25, -0.2) is 0 Å². The summed E-state index contributed by atoms with van der Waals surface area (Å²) < 4.78 is 5.54. The first-order valence-corrected chi connectivity index (χ1v) is 6.74. The predicted octanol–water partition coefficient (Wildman–Crippen LogP) is 3.88. The number of allylic oxidation sites excluding steroid dienone is 2. The molecule has 0 amide bonds. The van der Waals surface area contributed by atoms with Crippen LogP contribution in [0.2, 0.25) is 0 Å². The topological polar surface area (TPSA) is 25.2 Å². The van der Waals surface area contributed by atoms with Crippen molar-refractivity contribution in [3.8, 4) is 0 Å². The zero-order chi connectivity index (χ0) is 12.2. The lowest BCUT2D eigenvalue weighted by Crippen LogP contribution is -2.22. The Hall–Kier alpha value is -1.54. The second-order valence-corrected chi connectivity index (χ2v) is 5.04. The van der Waals surface area contributed by atoms with Gasteiger partial charge in [0.05, 0.1) is 6.26 Å².